The summed E-state index contributed by atoms with van der Waals surface area (Å²) in [4.78, 5) is 0. The first-order chi connectivity index (χ1) is 7.63. The van der Waals surface area contributed by atoms with Crippen molar-refractivity contribution in [2.75, 3.05) is 13.2 Å². The van der Waals surface area contributed by atoms with Crippen molar-refractivity contribution < 1.29 is 10.1 Å². The second-order valence-corrected chi connectivity index (χ2v) is 5.08. The van der Waals surface area contributed by atoms with E-state index in [0.717, 1.165) is 23.4 Å². The number of quaternary nitrogens is 1. The molecule has 0 saturated heterocycles. The van der Waals surface area contributed by atoms with E-state index in [1.807, 2.05) is 12.1 Å². The van der Waals surface area contributed by atoms with Crippen molar-refractivity contribution in [1.29, 1.82) is 0 Å². The largest absolute Gasteiger partial charge is 0.487 e. The molecule has 2 nitrogen and oxygen atoms in total. The van der Waals surface area contributed by atoms with Crippen molar-refractivity contribution in [2.45, 2.75) is 33.2 Å². The molecule has 0 amide bonds. The van der Waals surface area contributed by atoms with E-state index < -0.39 is 0 Å². The lowest BCUT2D eigenvalue weighted by atomic mass is 10.2. The number of aryl methyl sites for hydroxylation is 1. The van der Waals surface area contributed by atoms with Gasteiger partial charge in [-0.25, -0.2) is 0 Å². The molecule has 0 unspecified atom stereocenters. The summed E-state index contributed by atoms with van der Waals surface area (Å²) in [6, 6.07) is 6.80. The zero-order valence-electron chi connectivity index (χ0n) is 10.3. The fourth-order valence-electron chi connectivity index (χ4n) is 1.46. The second kappa shape index (κ2) is 6.92. The minimum Gasteiger partial charge on any atom is -0.487 e. The van der Waals surface area contributed by atoms with Crippen LogP contribution in [0.3, 0.4) is 0 Å². The number of nitrogens with two attached hydrogens (primary N) is 1. The van der Waals surface area contributed by atoms with Gasteiger partial charge in [-0.3, -0.25) is 0 Å². The molecule has 1 rings (SSSR count). The molecule has 1 atom stereocenters. The molecular weight excluding hydrogens is 266 g/mol. The maximum atomic E-state index is 5.73. The first-order valence-electron chi connectivity index (χ1n) is 5.85. The molecule has 0 heterocycles. The lowest BCUT2D eigenvalue weighted by Crippen LogP contribution is -2.90. The molecule has 16 heavy (non-hydrogen) atoms. The standard InChI is InChI=1S/C13H20BrNO/c1-4-11(3)15-7-8-16-13-6-5-12(14)9-10(13)2/h5-6,9,11,15H,4,7-8H2,1-3H3/p+1/t11-/m0/s1. The topological polar surface area (TPSA) is 25.8 Å². The van der Waals surface area contributed by atoms with Crippen LogP contribution >= 0.6 is 15.9 Å². The normalized spacial score (nSPS) is 12.5. The molecule has 3 heteroatoms. The zero-order valence-corrected chi connectivity index (χ0v) is 11.9. The van der Waals surface area contributed by atoms with Gasteiger partial charge in [0.15, 0.2) is 0 Å². The maximum absolute atomic E-state index is 5.73. The Hall–Kier alpha value is -0.540. The Kier molecular flexibility index (Phi) is 5.85. The molecule has 0 aliphatic heterocycles. The van der Waals surface area contributed by atoms with Gasteiger partial charge in [0.25, 0.3) is 0 Å². The fraction of sp³-hybridized carbons (Fsp3) is 0.538. The van der Waals surface area contributed by atoms with E-state index in [4.69, 9.17) is 4.74 Å². The number of halogens is 1. The van der Waals surface area contributed by atoms with Crippen molar-refractivity contribution in [2.24, 2.45) is 0 Å². The van der Waals surface area contributed by atoms with Gasteiger partial charge in [-0.1, -0.05) is 22.9 Å². The predicted octanol–water partition coefficient (Wildman–Crippen LogP) is 2.50. The minimum absolute atomic E-state index is 0.689. The SMILES string of the molecule is CC[C@H](C)[NH2+]CCOc1ccc(Br)cc1C. The molecule has 0 radical (unpaired) electrons. The van der Waals surface area contributed by atoms with Crippen molar-refractivity contribution >= 4 is 15.9 Å². The van der Waals surface area contributed by atoms with Crippen LogP contribution in [0.1, 0.15) is 25.8 Å². The molecule has 0 bridgehead atoms. The summed E-state index contributed by atoms with van der Waals surface area (Å²) in [6.07, 6.45) is 1.21. The van der Waals surface area contributed by atoms with Gasteiger partial charge >= 0.3 is 0 Å². The summed E-state index contributed by atoms with van der Waals surface area (Å²) in [6.45, 7) is 8.31. The quantitative estimate of drug-likeness (QED) is 0.799. The van der Waals surface area contributed by atoms with Crippen LogP contribution in [0, 0.1) is 6.92 Å². The summed E-state index contributed by atoms with van der Waals surface area (Å²) in [5.74, 6) is 0.987. The summed E-state index contributed by atoms with van der Waals surface area (Å²) in [5.41, 5.74) is 1.18. The molecule has 1 aromatic carbocycles. The molecule has 90 valence electrons. The van der Waals surface area contributed by atoms with E-state index in [9.17, 15) is 0 Å². The highest BCUT2D eigenvalue weighted by Crippen LogP contribution is 2.21. The Labute approximate surface area is 107 Å². The van der Waals surface area contributed by atoms with Crippen LogP contribution in [-0.2, 0) is 0 Å². The van der Waals surface area contributed by atoms with Crippen molar-refractivity contribution in [1.82, 2.24) is 0 Å². The Morgan fingerprint density at radius 2 is 2.19 bits per heavy atom. The second-order valence-electron chi connectivity index (χ2n) is 4.17. The lowest BCUT2D eigenvalue weighted by Gasteiger charge is -2.11. The molecule has 0 aliphatic carbocycles. The van der Waals surface area contributed by atoms with Gasteiger partial charge in [-0.2, -0.15) is 0 Å². The van der Waals surface area contributed by atoms with Gasteiger partial charge in [0, 0.05) is 4.47 Å². The Morgan fingerprint density at radius 1 is 1.44 bits per heavy atom. The highest BCUT2D eigenvalue weighted by atomic mass is 79.9. The van der Waals surface area contributed by atoms with E-state index in [-0.39, 0.29) is 0 Å². The molecule has 0 spiro atoms. The number of benzene rings is 1. The smallest absolute Gasteiger partial charge is 0.137 e. The number of hydrogen-bond acceptors (Lipinski definition) is 1. The van der Waals surface area contributed by atoms with Crippen LogP contribution in [-0.4, -0.2) is 19.2 Å². The van der Waals surface area contributed by atoms with Crippen LogP contribution in [0.5, 0.6) is 5.75 Å². The first-order valence-corrected chi connectivity index (χ1v) is 6.65. The van der Waals surface area contributed by atoms with E-state index in [0.29, 0.717) is 6.04 Å². The molecule has 0 saturated carbocycles. The maximum Gasteiger partial charge on any atom is 0.137 e. The van der Waals surface area contributed by atoms with Gasteiger partial charge in [0.2, 0.25) is 0 Å². The van der Waals surface area contributed by atoms with Crippen molar-refractivity contribution in [3.8, 4) is 5.75 Å². The summed E-state index contributed by atoms with van der Waals surface area (Å²) >= 11 is 3.44. The average molecular weight is 287 g/mol. The van der Waals surface area contributed by atoms with E-state index >= 15 is 0 Å². The lowest BCUT2D eigenvalue weighted by molar-refractivity contribution is -0.686. The third kappa shape index (κ3) is 4.54. The Bertz CT molecular complexity index is 328. The Morgan fingerprint density at radius 3 is 2.81 bits per heavy atom. The monoisotopic (exact) mass is 286 g/mol. The number of rotatable bonds is 6. The van der Waals surface area contributed by atoms with E-state index in [1.165, 1.54) is 12.0 Å². The van der Waals surface area contributed by atoms with Gasteiger partial charge in [-0.05, 0) is 44.0 Å². The number of hydrogen-bond donors (Lipinski definition) is 1. The van der Waals surface area contributed by atoms with E-state index in [2.05, 4.69) is 48.1 Å². The van der Waals surface area contributed by atoms with Crippen LogP contribution in [0.15, 0.2) is 22.7 Å². The van der Waals surface area contributed by atoms with Gasteiger partial charge < -0.3 is 10.1 Å². The third-order valence-electron chi connectivity index (χ3n) is 2.73. The van der Waals surface area contributed by atoms with Crippen molar-refractivity contribution in [3.63, 3.8) is 0 Å². The summed E-state index contributed by atoms with van der Waals surface area (Å²) in [5, 5.41) is 2.33. The fourth-order valence-corrected chi connectivity index (χ4v) is 1.94. The molecule has 1 aromatic rings. The van der Waals surface area contributed by atoms with Gasteiger partial charge in [-0.15, -0.1) is 0 Å². The summed E-state index contributed by atoms with van der Waals surface area (Å²) in [7, 11) is 0. The number of ether oxygens (including phenoxy) is 1. The molecule has 0 fully saturated rings. The minimum atomic E-state index is 0.689. The predicted molar refractivity (Wildman–Crippen MR) is 70.9 cm³/mol. The molecule has 0 aromatic heterocycles. The van der Waals surface area contributed by atoms with Crippen LogP contribution in [0.25, 0.3) is 0 Å². The van der Waals surface area contributed by atoms with Gasteiger partial charge in [0.05, 0.1) is 6.04 Å². The van der Waals surface area contributed by atoms with Crippen LogP contribution in [0.4, 0.5) is 0 Å². The molecule has 0 aliphatic rings. The highest BCUT2D eigenvalue weighted by molar-refractivity contribution is 9.10. The van der Waals surface area contributed by atoms with Crippen molar-refractivity contribution in [3.05, 3.63) is 28.2 Å². The third-order valence-corrected chi connectivity index (χ3v) is 3.22. The Balaban J connectivity index is 2.32. The van der Waals surface area contributed by atoms with Gasteiger partial charge in [0.1, 0.15) is 18.9 Å². The summed E-state index contributed by atoms with van der Waals surface area (Å²) < 4.78 is 6.84. The average Bonchev–Trinajstić information content (AvgIpc) is 2.26. The molecule has 2 N–H and O–H groups in total. The van der Waals surface area contributed by atoms with Crippen LogP contribution < -0.4 is 10.1 Å². The molecular formula is C13H21BrNO+. The highest BCUT2D eigenvalue weighted by Gasteiger charge is 2.02. The zero-order chi connectivity index (χ0) is 12.0. The first kappa shape index (κ1) is 13.5. The van der Waals surface area contributed by atoms with Crippen LogP contribution in [0.2, 0.25) is 0 Å². The van der Waals surface area contributed by atoms with E-state index in [1.54, 1.807) is 0 Å².